The Kier molecular flexibility index (Phi) is 5.70. The fourth-order valence-corrected chi connectivity index (χ4v) is 4.44. The van der Waals surface area contributed by atoms with Crippen molar-refractivity contribution in [1.29, 1.82) is 0 Å². The first-order valence-electron chi connectivity index (χ1n) is 8.54. The molecule has 2 aliphatic rings. The lowest BCUT2D eigenvalue weighted by atomic mass is 9.75. The van der Waals surface area contributed by atoms with Gasteiger partial charge in [0.25, 0.3) is 0 Å². The third-order valence-electron chi connectivity index (χ3n) is 5.58. The number of ether oxygens (including phenoxy) is 1. The van der Waals surface area contributed by atoms with Crippen LogP contribution in [-0.2, 0) is 4.74 Å². The Balaban J connectivity index is 2.09. The fraction of sp³-hybridized carbons (Fsp3) is 1.00. The van der Waals surface area contributed by atoms with E-state index in [2.05, 4.69) is 33.0 Å². The summed E-state index contributed by atoms with van der Waals surface area (Å²) in [5, 5.41) is 3.82. The van der Waals surface area contributed by atoms with Crippen molar-refractivity contribution in [3.05, 3.63) is 0 Å². The van der Waals surface area contributed by atoms with Crippen LogP contribution >= 0.6 is 0 Å². The van der Waals surface area contributed by atoms with Gasteiger partial charge in [0.1, 0.15) is 0 Å². The highest BCUT2D eigenvalue weighted by atomic mass is 16.5. The van der Waals surface area contributed by atoms with Gasteiger partial charge >= 0.3 is 0 Å². The molecule has 0 spiro atoms. The van der Waals surface area contributed by atoms with Crippen molar-refractivity contribution >= 4 is 0 Å². The summed E-state index contributed by atoms with van der Waals surface area (Å²) in [6.45, 7) is 10.3. The zero-order chi connectivity index (χ0) is 13.8. The largest absolute Gasteiger partial charge is 0.375 e. The minimum atomic E-state index is 0.414. The summed E-state index contributed by atoms with van der Waals surface area (Å²) < 4.78 is 6.10. The number of hydrogen-bond acceptors (Lipinski definition) is 2. The first-order chi connectivity index (χ1) is 9.15. The molecule has 0 bridgehead atoms. The van der Waals surface area contributed by atoms with Gasteiger partial charge in [0.15, 0.2) is 0 Å². The first-order valence-corrected chi connectivity index (χ1v) is 8.54. The van der Waals surface area contributed by atoms with Crippen LogP contribution in [0.1, 0.15) is 66.2 Å². The molecular formula is C17H33NO. The molecule has 0 amide bonds. The Morgan fingerprint density at radius 2 is 1.63 bits per heavy atom. The minimum Gasteiger partial charge on any atom is -0.375 e. The van der Waals surface area contributed by atoms with Gasteiger partial charge in [-0.05, 0) is 45.1 Å². The van der Waals surface area contributed by atoms with Gasteiger partial charge in [0, 0.05) is 12.0 Å². The van der Waals surface area contributed by atoms with Crippen molar-refractivity contribution in [1.82, 2.24) is 5.32 Å². The van der Waals surface area contributed by atoms with Crippen LogP contribution in [0.3, 0.4) is 0 Å². The second kappa shape index (κ2) is 7.08. The highest BCUT2D eigenvalue weighted by Gasteiger charge is 2.43. The molecule has 0 aromatic rings. The highest BCUT2D eigenvalue weighted by Crippen LogP contribution is 2.39. The zero-order valence-electron chi connectivity index (χ0n) is 13.3. The van der Waals surface area contributed by atoms with E-state index < -0.39 is 0 Å². The van der Waals surface area contributed by atoms with Crippen LogP contribution in [0.15, 0.2) is 0 Å². The van der Waals surface area contributed by atoms with Gasteiger partial charge in [-0.25, -0.2) is 0 Å². The normalized spacial score (nSPS) is 39.2. The monoisotopic (exact) mass is 267 g/mol. The molecule has 0 radical (unpaired) electrons. The molecule has 2 rings (SSSR count). The maximum atomic E-state index is 6.10. The molecule has 2 heteroatoms. The Bertz CT molecular complexity index is 260. The lowest BCUT2D eigenvalue weighted by Gasteiger charge is -2.35. The summed E-state index contributed by atoms with van der Waals surface area (Å²) in [5.74, 6) is 2.24. The summed E-state index contributed by atoms with van der Waals surface area (Å²) in [6.07, 6.45) is 9.42. The molecule has 5 unspecified atom stereocenters. The summed E-state index contributed by atoms with van der Waals surface area (Å²) in [7, 11) is 0. The van der Waals surface area contributed by atoms with Crippen molar-refractivity contribution in [2.75, 3.05) is 6.54 Å². The molecule has 1 saturated carbocycles. The standard InChI is InChI=1S/C17H33NO/c1-5-18-17(15-10-8-6-7-9-11-15)16-12(2)13(3)19-14(16)4/h12-18H,5-11H2,1-4H3. The van der Waals surface area contributed by atoms with E-state index in [-0.39, 0.29) is 0 Å². The number of hydrogen-bond donors (Lipinski definition) is 1. The topological polar surface area (TPSA) is 21.3 Å². The van der Waals surface area contributed by atoms with Crippen LogP contribution < -0.4 is 5.32 Å². The van der Waals surface area contributed by atoms with Crippen LogP contribution in [0.2, 0.25) is 0 Å². The van der Waals surface area contributed by atoms with Crippen molar-refractivity contribution in [2.45, 2.75) is 84.5 Å². The van der Waals surface area contributed by atoms with Gasteiger partial charge in [-0.2, -0.15) is 0 Å². The summed E-state index contributed by atoms with van der Waals surface area (Å²) in [4.78, 5) is 0. The van der Waals surface area contributed by atoms with E-state index in [0.717, 1.165) is 12.5 Å². The summed E-state index contributed by atoms with van der Waals surface area (Å²) in [6, 6.07) is 0.665. The second-order valence-electron chi connectivity index (χ2n) is 6.82. The SMILES string of the molecule is CCNC(C1CCCCCC1)C1C(C)OC(C)C1C. The van der Waals surface area contributed by atoms with E-state index >= 15 is 0 Å². The van der Waals surface area contributed by atoms with E-state index in [1.165, 1.54) is 38.5 Å². The lowest BCUT2D eigenvalue weighted by Crippen LogP contribution is -2.46. The van der Waals surface area contributed by atoms with Crippen LogP contribution in [-0.4, -0.2) is 24.8 Å². The van der Waals surface area contributed by atoms with E-state index in [4.69, 9.17) is 4.74 Å². The third kappa shape index (κ3) is 3.52. The Labute approximate surface area is 119 Å². The van der Waals surface area contributed by atoms with Gasteiger partial charge in [0.2, 0.25) is 0 Å². The molecule has 1 aliphatic heterocycles. The van der Waals surface area contributed by atoms with Gasteiger partial charge in [-0.15, -0.1) is 0 Å². The average molecular weight is 267 g/mol. The quantitative estimate of drug-likeness (QED) is 0.778. The Morgan fingerprint density at radius 1 is 1.00 bits per heavy atom. The van der Waals surface area contributed by atoms with Gasteiger partial charge in [0.05, 0.1) is 12.2 Å². The number of rotatable bonds is 4. The molecule has 5 atom stereocenters. The summed E-state index contributed by atoms with van der Waals surface area (Å²) in [5.41, 5.74) is 0. The molecule has 1 N–H and O–H groups in total. The molecule has 112 valence electrons. The van der Waals surface area contributed by atoms with Gasteiger partial charge in [-0.1, -0.05) is 39.5 Å². The van der Waals surface area contributed by atoms with Crippen LogP contribution in [0.25, 0.3) is 0 Å². The Morgan fingerprint density at radius 3 is 2.11 bits per heavy atom. The number of nitrogens with one attached hydrogen (secondary N) is 1. The molecule has 2 fully saturated rings. The highest BCUT2D eigenvalue weighted by molar-refractivity contribution is 4.95. The lowest BCUT2D eigenvalue weighted by molar-refractivity contribution is 0.0438. The zero-order valence-corrected chi connectivity index (χ0v) is 13.3. The van der Waals surface area contributed by atoms with Crippen molar-refractivity contribution in [3.8, 4) is 0 Å². The van der Waals surface area contributed by atoms with E-state index in [0.29, 0.717) is 30.1 Å². The third-order valence-corrected chi connectivity index (χ3v) is 5.58. The van der Waals surface area contributed by atoms with E-state index in [9.17, 15) is 0 Å². The molecule has 1 aliphatic carbocycles. The molecule has 0 aromatic heterocycles. The molecule has 2 nitrogen and oxygen atoms in total. The van der Waals surface area contributed by atoms with Crippen molar-refractivity contribution < 1.29 is 4.74 Å². The fourth-order valence-electron chi connectivity index (χ4n) is 4.44. The van der Waals surface area contributed by atoms with Crippen LogP contribution in [0, 0.1) is 17.8 Å². The predicted octanol–water partition coefficient (Wildman–Crippen LogP) is 3.99. The van der Waals surface area contributed by atoms with Gasteiger partial charge < -0.3 is 10.1 Å². The second-order valence-corrected chi connectivity index (χ2v) is 6.82. The average Bonchev–Trinajstić information content (AvgIpc) is 2.62. The van der Waals surface area contributed by atoms with Crippen LogP contribution in [0.4, 0.5) is 0 Å². The van der Waals surface area contributed by atoms with Crippen molar-refractivity contribution in [2.24, 2.45) is 17.8 Å². The molecule has 0 aromatic carbocycles. The Hall–Kier alpha value is -0.0800. The van der Waals surface area contributed by atoms with Gasteiger partial charge in [-0.3, -0.25) is 0 Å². The predicted molar refractivity (Wildman–Crippen MR) is 81.3 cm³/mol. The van der Waals surface area contributed by atoms with Crippen molar-refractivity contribution in [3.63, 3.8) is 0 Å². The first kappa shape index (κ1) is 15.3. The smallest absolute Gasteiger partial charge is 0.0597 e. The molecule has 1 heterocycles. The molecular weight excluding hydrogens is 234 g/mol. The molecule has 19 heavy (non-hydrogen) atoms. The summed E-state index contributed by atoms with van der Waals surface area (Å²) >= 11 is 0. The van der Waals surface area contributed by atoms with E-state index in [1.54, 1.807) is 0 Å². The van der Waals surface area contributed by atoms with Crippen LogP contribution in [0.5, 0.6) is 0 Å². The van der Waals surface area contributed by atoms with E-state index in [1.807, 2.05) is 0 Å². The maximum Gasteiger partial charge on any atom is 0.0597 e. The molecule has 1 saturated heterocycles. The minimum absolute atomic E-state index is 0.414. The maximum absolute atomic E-state index is 6.10.